The third kappa shape index (κ3) is 7.37. The molecular formula is C54H90O. The SMILES string of the molecule is CCCCCCCCC1CC[C@H]2[C@@H]3CCC4CC(C5C[C@@]6(C)C(CC[C@@H]7[C@@H]6CC[C@]6(C)C(CCCCCCCC)CC[C@@H]76)CC5=O)=CC[C@]4(C)[C@H]3CC[C@]12C. The average molecular weight is 755 g/mol. The summed E-state index contributed by atoms with van der Waals surface area (Å²) in [5.74, 6) is 9.96. The van der Waals surface area contributed by atoms with Crippen molar-refractivity contribution >= 4 is 5.78 Å². The summed E-state index contributed by atoms with van der Waals surface area (Å²) < 4.78 is 0. The monoisotopic (exact) mass is 755 g/mol. The smallest absolute Gasteiger partial charge is 0.140 e. The Morgan fingerprint density at radius 1 is 0.509 bits per heavy atom. The molecule has 0 spiro atoms. The van der Waals surface area contributed by atoms with E-state index in [4.69, 9.17) is 0 Å². The van der Waals surface area contributed by atoms with Crippen molar-refractivity contribution in [2.24, 2.45) is 86.8 Å². The minimum absolute atomic E-state index is 0.242. The maximum atomic E-state index is 14.3. The van der Waals surface area contributed by atoms with Crippen LogP contribution in [-0.4, -0.2) is 5.78 Å². The number of Topliss-reactive ketones (excluding diaryl/α,β-unsaturated/α-hetero) is 1. The third-order valence-corrected chi connectivity index (χ3v) is 21.5. The fourth-order valence-electron chi connectivity index (χ4n) is 18.2. The van der Waals surface area contributed by atoms with E-state index in [0.29, 0.717) is 33.4 Å². The van der Waals surface area contributed by atoms with Crippen LogP contribution >= 0.6 is 0 Å². The minimum Gasteiger partial charge on any atom is -0.299 e. The Hall–Kier alpha value is -0.590. The van der Waals surface area contributed by atoms with Crippen LogP contribution in [0.25, 0.3) is 0 Å². The van der Waals surface area contributed by atoms with Gasteiger partial charge in [0.15, 0.2) is 0 Å². The van der Waals surface area contributed by atoms with Gasteiger partial charge in [0, 0.05) is 12.3 Å². The van der Waals surface area contributed by atoms with Gasteiger partial charge in [-0.15, -0.1) is 0 Å². The average Bonchev–Trinajstić information content (AvgIpc) is 3.70. The van der Waals surface area contributed by atoms with E-state index in [9.17, 15) is 4.79 Å². The second-order valence-corrected chi connectivity index (χ2v) is 23.7. The molecule has 7 saturated carbocycles. The van der Waals surface area contributed by atoms with Crippen LogP contribution < -0.4 is 0 Å². The van der Waals surface area contributed by atoms with Crippen LogP contribution in [-0.2, 0) is 4.79 Å². The van der Waals surface area contributed by atoms with E-state index in [1.807, 2.05) is 0 Å². The molecule has 7 fully saturated rings. The van der Waals surface area contributed by atoms with Gasteiger partial charge in [0.2, 0.25) is 0 Å². The van der Waals surface area contributed by atoms with Gasteiger partial charge in [-0.1, -0.05) is 130 Å². The van der Waals surface area contributed by atoms with Crippen molar-refractivity contribution in [1.29, 1.82) is 0 Å². The normalized spacial score (nSPS) is 47.6. The van der Waals surface area contributed by atoms with Gasteiger partial charge in [-0.3, -0.25) is 4.79 Å². The number of carbonyl (C=O) groups excluding carboxylic acids is 1. The number of fused-ring (bicyclic) bond motifs is 10. The zero-order valence-electron chi connectivity index (χ0n) is 37.5. The molecule has 8 rings (SSSR count). The molecule has 0 N–H and O–H groups in total. The van der Waals surface area contributed by atoms with Crippen molar-refractivity contribution < 1.29 is 4.79 Å². The van der Waals surface area contributed by atoms with Gasteiger partial charge in [-0.2, -0.15) is 0 Å². The van der Waals surface area contributed by atoms with Crippen LogP contribution in [0.3, 0.4) is 0 Å². The second-order valence-electron chi connectivity index (χ2n) is 23.7. The van der Waals surface area contributed by atoms with Crippen molar-refractivity contribution in [3.05, 3.63) is 11.6 Å². The first-order valence-corrected chi connectivity index (χ1v) is 25.8. The largest absolute Gasteiger partial charge is 0.299 e. The van der Waals surface area contributed by atoms with Gasteiger partial charge in [-0.25, -0.2) is 0 Å². The lowest BCUT2D eigenvalue weighted by atomic mass is 9.42. The summed E-state index contributed by atoms with van der Waals surface area (Å²) in [5.41, 5.74) is 3.69. The van der Waals surface area contributed by atoms with Crippen LogP contribution in [0.5, 0.6) is 0 Å². The van der Waals surface area contributed by atoms with E-state index in [1.165, 1.54) is 186 Å². The van der Waals surface area contributed by atoms with Crippen molar-refractivity contribution in [1.82, 2.24) is 0 Å². The van der Waals surface area contributed by atoms with Crippen molar-refractivity contribution in [2.45, 2.75) is 234 Å². The number of carbonyl (C=O) groups is 1. The van der Waals surface area contributed by atoms with Crippen LogP contribution in [0.4, 0.5) is 0 Å². The lowest BCUT2D eigenvalue weighted by molar-refractivity contribution is -0.146. The van der Waals surface area contributed by atoms with E-state index >= 15 is 0 Å². The van der Waals surface area contributed by atoms with E-state index in [1.54, 1.807) is 5.57 Å². The molecule has 1 nitrogen and oxygen atoms in total. The van der Waals surface area contributed by atoms with Gasteiger partial charge in [0.05, 0.1) is 0 Å². The zero-order valence-corrected chi connectivity index (χ0v) is 37.5. The molecule has 312 valence electrons. The molecule has 0 radical (unpaired) electrons. The van der Waals surface area contributed by atoms with Crippen molar-refractivity contribution in [2.75, 3.05) is 0 Å². The number of hydrogen-bond donors (Lipinski definition) is 0. The molecule has 8 aliphatic carbocycles. The predicted molar refractivity (Wildman–Crippen MR) is 234 cm³/mol. The zero-order chi connectivity index (χ0) is 38.4. The van der Waals surface area contributed by atoms with Gasteiger partial charge in [0.25, 0.3) is 0 Å². The molecule has 0 aliphatic heterocycles. The van der Waals surface area contributed by atoms with Gasteiger partial charge in [0.1, 0.15) is 5.78 Å². The number of rotatable bonds is 15. The van der Waals surface area contributed by atoms with Crippen LogP contribution in [0.2, 0.25) is 0 Å². The van der Waals surface area contributed by atoms with Gasteiger partial charge in [-0.05, 0) is 190 Å². The molecule has 0 saturated heterocycles. The Kier molecular flexibility index (Phi) is 12.6. The number of ketones is 1. The Balaban J connectivity index is 0.903. The van der Waals surface area contributed by atoms with E-state index in [-0.39, 0.29) is 5.92 Å². The fraction of sp³-hybridized carbons (Fsp3) is 0.944. The van der Waals surface area contributed by atoms with Crippen LogP contribution in [0, 0.1) is 86.8 Å². The van der Waals surface area contributed by atoms with Gasteiger partial charge < -0.3 is 0 Å². The molecule has 0 aromatic carbocycles. The summed E-state index contributed by atoms with van der Waals surface area (Å²) in [7, 11) is 0. The second kappa shape index (κ2) is 16.8. The molecule has 0 bridgehead atoms. The first-order valence-electron chi connectivity index (χ1n) is 25.8. The topological polar surface area (TPSA) is 17.1 Å². The molecule has 0 heterocycles. The molecule has 55 heavy (non-hydrogen) atoms. The van der Waals surface area contributed by atoms with E-state index in [2.05, 4.69) is 47.6 Å². The summed E-state index contributed by atoms with van der Waals surface area (Å²) >= 11 is 0. The lowest BCUT2D eigenvalue weighted by Gasteiger charge is -2.62. The highest BCUT2D eigenvalue weighted by Crippen LogP contribution is 2.71. The summed E-state index contributed by atoms with van der Waals surface area (Å²) in [6, 6.07) is 0. The molecule has 0 aromatic heterocycles. The predicted octanol–water partition coefficient (Wildman–Crippen LogP) is 16.1. The maximum absolute atomic E-state index is 14.3. The Bertz CT molecular complexity index is 1340. The Morgan fingerprint density at radius 3 is 1.53 bits per heavy atom. The third-order valence-electron chi connectivity index (χ3n) is 21.5. The summed E-state index contributed by atoms with van der Waals surface area (Å²) in [5, 5.41) is 0. The molecule has 15 atom stereocenters. The lowest BCUT2D eigenvalue weighted by Crippen LogP contribution is -2.55. The Morgan fingerprint density at radius 2 is 0.982 bits per heavy atom. The van der Waals surface area contributed by atoms with Crippen molar-refractivity contribution in [3.63, 3.8) is 0 Å². The highest BCUT2D eigenvalue weighted by atomic mass is 16.1. The molecule has 0 aromatic rings. The van der Waals surface area contributed by atoms with E-state index in [0.717, 1.165) is 59.7 Å². The number of allylic oxidation sites excluding steroid dienone is 2. The fourth-order valence-corrected chi connectivity index (χ4v) is 18.2. The molecule has 8 aliphatic rings. The summed E-state index contributed by atoms with van der Waals surface area (Å²) in [6.45, 7) is 15.7. The quantitative estimate of drug-likeness (QED) is 0.120. The minimum atomic E-state index is 0.242. The molecule has 5 unspecified atom stereocenters. The number of unbranched alkanes of at least 4 members (excludes halogenated alkanes) is 10. The summed E-state index contributed by atoms with van der Waals surface area (Å²) in [6.07, 6.45) is 45.4. The van der Waals surface area contributed by atoms with Crippen LogP contribution in [0.1, 0.15) is 234 Å². The van der Waals surface area contributed by atoms with E-state index < -0.39 is 0 Å². The molecule has 0 amide bonds. The van der Waals surface area contributed by atoms with Gasteiger partial charge >= 0.3 is 0 Å². The molecule has 1 heteroatoms. The van der Waals surface area contributed by atoms with Crippen LogP contribution in [0.15, 0.2) is 11.6 Å². The highest BCUT2D eigenvalue weighted by Gasteiger charge is 2.63. The summed E-state index contributed by atoms with van der Waals surface area (Å²) in [4.78, 5) is 14.3. The maximum Gasteiger partial charge on any atom is 0.140 e. The first kappa shape index (κ1) is 41.2. The standard InChI is InChI=1S/C54H90O/c1-7-9-11-13-15-17-19-39-23-27-46-43-25-21-41-35-38(29-32-53(41,5)48(43)30-33-51(39,46)3)45-37-54(6)42(36-50(45)55)22-26-44-47-28-24-40(20-18-16-14-12-10-8-2)52(47,4)34-31-49(44)54/h29,39-49H,7-28,30-37H2,1-6H3/t39?,40?,41?,42?,43-,44-,45?,46-,47-,48-,49-,51+,52+,53-,54-/m0/s1. The molecular weight excluding hydrogens is 665 g/mol. The first-order chi connectivity index (χ1) is 26.6. The highest BCUT2D eigenvalue weighted by molar-refractivity contribution is 5.85. The Labute approximate surface area is 342 Å². The van der Waals surface area contributed by atoms with Crippen molar-refractivity contribution in [3.8, 4) is 0 Å². The number of hydrogen-bond acceptors (Lipinski definition) is 1.